The summed E-state index contributed by atoms with van der Waals surface area (Å²) in [6.07, 6.45) is 7.71. The molecule has 0 aliphatic heterocycles. The predicted octanol–water partition coefficient (Wildman–Crippen LogP) is 6.60. The molecule has 0 atom stereocenters. The van der Waals surface area contributed by atoms with E-state index in [1.165, 1.54) is 17.1 Å². The Hall–Kier alpha value is -3.11. The molecule has 0 aliphatic rings. The maximum Gasteiger partial charge on any atom is 0.161 e. The van der Waals surface area contributed by atoms with E-state index >= 15 is 0 Å². The van der Waals surface area contributed by atoms with Crippen LogP contribution in [0.3, 0.4) is 0 Å². The third-order valence-corrected chi connectivity index (χ3v) is 5.27. The molecule has 0 N–H and O–H groups in total. The number of benzene rings is 2. The standard InChI is InChI=1S/C26H25ClN3O/c1-19(8-9-21-6-4-3-5-7-21)16-20(2)18-31-23-12-10-22(11-13-23)24-17-25(27)29-30-15-14-28-26(24)30/h3-8,10-15,17H,9,16,18H2,1-2H3. The number of allylic oxidation sites excluding steroid dienone is 2. The fourth-order valence-electron chi connectivity index (χ4n) is 3.54. The number of imidazole rings is 1. The second-order valence-corrected chi connectivity index (χ2v) is 8.15. The van der Waals surface area contributed by atoms with Crippen molar-refractivity contribution in [3.8, 4) is 16.9 Å². The molecule has 2 heterocycles. The van der Waals surface area contributed by atoms with E-state index in [9.17, 15) is 0 Å². The zero-order valence-corrected chi connectivity index (χ0v) is 18.5. The Morgan fingerprint density at radius 2 is 1.84 bits per heavy atom. The van der Waals surface area contributed by atoms with Crippen molar-refractivity contribution in [2.45, 2.75) is 26.7 Å². The number of aromatic nitrogens is 3. The molecule has 0 aliphatic carbocycles. The largest absolute Gasteiger partial charge is 0.493 e. The number of hydrogen-bond acceptors (Lipinski definition) is 3. The second-order valence-electron chi connectivity index (χ2n) is 7.76. The predicted molar refractivity (Wildman–Crippen MR) is 126 cm³/mol. The molecule has 0 saturated heterocycles. The van der Waals surface area contributed by atoms with Gasteiger partial charge < -0.3 is 4.74 Å². The monoisotopic (exact) mass is 430 g/mol. The first-order chi connectivity index (χ1) is 15.1. The lowest BCUT2D eigenvalue weighted by atomic mass is 10.0. The Bertz CT molecular complexity index is 1170. The molecule has 0 saturated carbocycles. The van der Waals surface area contributed by atoms with Crippen molar-refractivity contribution in [1.82, 2.24) is 14.6 Å². The highest BCUT2D eigenvalue weighted by molar-refractivity contribution is 6.29. The van der Waals surface area contributed by atoms with Crippen LogP contribution in [-0.4, -0.2) is 21.2 Å². The van der Waals surface area contributed by atoms with Gasteiger partial charge in [-0.25, -0.2) is 9.50 Å². The number of ether oxygens (including phenoxy) is 1. The van der Waals surface area contributed by atoms with E-state index in [4.69, 9.17) is 16.3 Å². The Labute approximate surface area is 188 Å². The third-order valence-electron chi connectivity index (χ3n) is 5.09. The Kier molecular flexibility index (Phi) is 6.68. The fraction of sp³-hybridized carbons (Fsp3) is 0.192. The Morgan fingerprint density at radius 1 is 1.06 bits per heavy atom. The summed E-state index contributed by atoms with van der Waals surface area (Å²) in [6, 6.07) is 20.4. The minimum absolute atomic E-state index is 0.432. The van der Waals surface area contributed by atoms with E-state index in [0.717, 1.165) is 35.4 Å². The van der Waals surface area contributed by atoms with Crippen molar-refractivity contribution < 1.29 is 4.74 Å². The van der Waals surface area contributed by atoms with Crippen LogP contribution in [0, 0.1) is 5.92 Å². The van der Waals surface area contributed by atoms with E-state index in [2.05, 4.69) is 54.3 Å². The molecule has 0 amide bonds. The SMILES string of the molecule is C[C](COc1ccc(-c2cc(Cl)nn3ccnc23)cc1)CC(C)=CCc1ccccc1. The van der Waals surface area contributed by atoms with Crippen LogP contribution in [-0.2, 0) is 6.42 Å². The van der Waals surface area contributed by atoms with Gasteiger partial charge in [-0.15, -0.1) is 0 Å². The quantitative estimate of drug-likeness (QED) is 0.295. The van der Waals surface area contributed by atoms with Crippen LogP contribution in [0.5, 0.6) is 5.75 Å². The first kappa shape index (κ1) is 21.1. The number of hydrogen-bond donors (Lipinski definition) is 0. The fourth-order valence-corrected chi connectivity index (χ4v) is 3.73. The normalized spacial score (nSPS) is 11.9. The average Bonchev–Trinajstić information content (AvgIpc) is 3.25. The van der Waals surface area contributed by atoms with Crippen molar-refractivity contribution >= 4 is 17.2 Å². The summed E-state index contributed by atoms with van der Waals surface area (Å²) in [5.74, 6) is 2.14. The summed E-state index contributed by atoms with van der Waals surface area (Å²) in [6.45, 7) is 4.92. The average molecular weight is 431 g/mol. The van der Waals surface area contributed by atoms with Gasteiger partial charge in [0.05, 0.1) is 6.61 Å². The molecule has 2 aromatic heterocycles. The van der Waals surface area contributed by atoms with Crippen LogP contribution >= 0.6 is 11.6 Å². The van der Waals surface area contributed by atoms with Gasteiger partial charge in [-0.3, -0.25) is 0 Å². The van der Waals surface area contributed by atoms with Crippen molar-refractivity contribution in [2.24, 2.45) is 0 Å². The van der Waals surface area contributed by atoms with Crippen molar-refractivity contribution in [3.63, 3.8) is 0 Å². The summed E-state index contributed by atoms with van der Waals surface area (Å²) < 4.78 is 7.68. The Balaban J connectivity index is 1.33. The molecule has 0 fully saturated rings. The maximum atomic E-state index is 6.15. The zero-order valence-electron chi connectivity index (χ0n) is 17.8. The molecular formula is C26H25ClN3O. The lowest BCUT2D eigenvalue weighted by Crippen LogP contribution is -2.07. The van der Waals surface area contributed by atoms with Gasteiger partial charge in [-0.05, 0) is 49.1 Å². The van der Waals surface area contributed by atoms with Gasteiger partial charge in [0, 0.05) is 23.9 Å². The lowest BCUT2D eigenvalue weighted by molar-refractivity contribution is 0.327. The van der Waals surface area contributed by atoms with Gasteiger partial charge in [0.1, 0.15) is 5.75 Å². The maximum absolute atomic E-state index is 6.15. The molecule has 4 rings (SSSR count). The van der Waals surface area contributed by atoms with Crippen LogP contribution in [0.15, 0.2) is 84.7 Å². The minimum atomic E-state index is 0.432. The molecule has 4 nitrogen and oxygen atoms in total. The zero-order chi connectivity index (χ0) is 21.6. The van der Waals surface area contributed by atoms with Gasteiger partial charge in [-0.2, -0.15) is 5.10 Å². The van der Waals surface area contributed by atoms with E-state index in [-0.39, 0.29) is 0 Å². The first-order valence-electron chi connectivity index (χ1n) is 10.3. The van der Waals surface area contributed by atoms with E-state index in [1.54, 1.807) is 16.9 Å². The van der Waals surface area contributed by atoms with Crippen molar-refractivity contribution in [2.75, 3.05) is 6.61 Å². The summed E-state index contributed by atoms with van der Waals surface area (Å²) in [5.41, 5.74) is 5.43. The molecule has 4 aromatic rings. The topological polar surface area (TPSA) is 39.4 Å². The van der Waals surface area contributed by atoms with Crippen LogP contribution in [0.2, 0.25) is 5.15 Å². The molecular weight excluding hydrogens is 406 g/mol. The van der Waals surface area contributed by atoms with E-state index < -0.39 is 0 Å². The summed E-state index contributed by atoms with van der Waals surface area (Å²) in [4.78, 5) is 4.38. The van der Waals surface area contributed by atoms with Crippen LogP contribution in [0.25, 0.3) is 16.8 Å². The third kappa shape index (κ3) is 5.53. The molecule has 5 heteroatoms. The first-order valence-corrected chi connectivity index (χ1v) is 10.7. The van der Waals surface area contributed by atoms with E-state index in [1.807, 2.05) is 36.4 Å². The smallest absolute Gasteiger partial charge is 0.161 e. The molecule has 0 spiro atoms. The van der Waals surface area contributed by atoms with Crippen LogP contribution in [0.1, 0.15) is 25.8 Å². The van der Waals surface area contributed by atoms with Gasteiger partial charge >= 0.3 is 0 Å². The molecule has 1 radical (unpaired) electrons. The number of halogens is 1. The number of rotatable bonds is 8. The van der Waals surface area contributed by atoms with Crippen molar-refractivity contribution in [3.05, 3.63) is 101 Å². The second kappa shape index (κ2) is 9.80. The van der Waals surface area contributed by atoms with Crippen molar-refractivity contribution in [1.29, 1.82) is 0 Å². The van der Waals surface area contributed by atoms with Gasteiger partial charge in [0.15, 0.2) is 10.8 Å². The number of nitrogens with zero attached hydrogens (tertiary/aromatic N) is 3. The summed E-state index contributed by atoms with van der Waals surface area (Å²) in [5, 5.41) is 4.66. The molecule has 2 aromatic carbocycles. The lowest BCUT2D eigenvalue weighted by Gasteiger charge is -2.14. The highest BCUT2D eigenvalue weighted by atomic mass is 35.5. The van der Waals surface area contributed by atoms with Gasteiger partial charge in [0.2, 0.25) is 0 Å². The molecule has 31 heavy (non-hydrogen) atoms. The van der Waals surface area contributed by atoms with E-state index in [0.29, 0.717) is 11.8 Å². The minimum Gasteiger partial charge on any atom is -0.493 e. The van der Waals surface area contributed by atoms with Crippen LogP contribution < -0.4 is 4.74 Å². The van der Waals surface area contributed by atoms with Crippen LogP contribution in [0.4, 0.5) is 0 Å². The molecule has 0 unspecified atom stereocenters. The van der Waals surface area contributed by atoms with Gasteiger partial charge in [-0.1, -0.05) is 72.6 Å². The molecule has 157 valence electrons. The number of fused-ring (bicyclic) bond motifs is 1. The highest BCUT2D eigenvalue weighted by Crippen LogP contribution is 2.27. The van der Waals surface area contributed by atoms with Gasteiger partial charge in [0.25, 0.3) is 0 Å². The summed E-state index contributed by atoms with van der Waals surface area (Å²) in [7, 11) is 0. The summed E-state index contributed by atoms with van der Waals surface area (Å²) >= 11 is 6.15. The Morgan fingerprint density at radius 3 is 2.61 bits per heavy atom. The highest BCUT2D eigenvalue weighted by Gasteiger charge is 2.10. The molecule has 0 bridgehead atoms.